The fourth-order valence-electron chi connectivity index (χ4n) is 4.10. The van der Waals surface area contributed by atoms with E-state index in [1.807, 2.05) is 37.6 Å². The van der Waals surface area contributed by atoms with Gasteiger partial charge in [0.1, 0.15) is 12.7 Å². The molecule has 1 unspecified atom stereocenters. The van der Waals surface area contributed by atoms with Crippen molar-refractivity contribution < 1.29 is 4.58 Å². The molecule has 0 aliphatic carbocycles. The summed E-state index contributed by atoms with van der Waals surface area (Å²) in [4.78, 5) is 13.9. The lowest BCUT2D eigenvalue weighted by Gasteiger charge is -2.14. The lowest BCUT2D eigenvalue weighted by Crippen LogP contribution is -2.07. The number of fused-ring (bicyclic) bond motifs is 2. The van der Waals surface area contributed by atoms with E-state index in [0.29, 0.717) is 11.5 Å². The number of rotatable bonds is 4. The summed E-state index contributed by atoms with van der Waals surface area (Å²) in [7, 11) is 2.01. The normalized spacial score (nSPS) is 14.6. The van der Waals surface area contributed by atoms with Crippen LogP contribution in [0.1, 0.15) is 29.7 Å². The topological polar surface area (TPSA) is 89.5 Å². The Kier molecular flexibility index (Phi) is 4.75. The minimum absolute atomic E-state index is 0.163. The number of nitriles is 1. The maximum atomic E-state index is 9.03. The number of hydrogen-bond donors (Lipinski definition) is 2. The van der Waals surface area contributed by atoms with E-state index >= 15 is 0 Å². The molecule has 0 radical (unpaired) electrons. The zero-order chi connectivity index (χ0) is 22.2. The minimum Gasteiger partial charge on any atom is -0.334 e. The van der Waals surface area contributed by atoms with Crippen molar-refractivity contribution in [2.75, 3.05) is 17.7 Å². The van der Waals surface area contributed by atoms with Crippen LogP contribution in [0.3, 0.4) is 0 Å². The Morgan fingerprint density at radius 1 is 1.00 bits per heavy atom. The van der Waals surface area contributed by atoms with Crippen LogP contribution in [0, 0.1) is 18.3 Å². The first-order chi connectivity index (χ1) is 15.5. The maximum absolute atomic E-state index is 9.03. The third kappa shape index (κ3) is 3.42. The van der Waals surface area contributed by atoms with Crippen LogP contribution in [-0.2, 0) is 0 Å². The van der Waals surface area contributed by atoms with Gasteiger partial charge in [0, 0.05) is 29.2 Å². The molecule has 0 saturated carbocycles. The third-order valence-corrected chi connectivity index (χ3v) is 5.70. The molecule has 3 heterocycles. The van der Waals surface area contributed by atoms with E-state index in [0.717, 1.165) is 39.3 Å². The summed E-state index contributed by atoms with van der Waals surface area (Å²) >= 11 is 0. The molecule has 5 rings (SSSR count). The van der Waals surface area contributed by atoms with Crippen LogP contribution in [0.2, 0.25) is 0 Å². The average Bonchev–Trinajstić information content (AvgIpc) is 3.10. The van der Waals surface area contributed by atoms with E-state index in [1.54, 1.807) is 12.1 Å². The Balaban J connectivity index is 1.59. The van der Waals surface area contributed by atoms with Gasteiger partial charge in [0.2, 0.25) is 11.8 Å². The minimum atomic E-state index is 0.163. The third-order valence-electron chi connectivity index (χ3n) is 5.70. The standard InChI is InChI=1S/C25H22N7/c1-15-4-9-21(20-13-27-11-10-19(15)20)29-24-23-22(16(2)14-32(23)3)30-25(31-24)28-18-7-5-17(12-26)6-8-18/h4-11,13-14,16H,1-3H3,(H2,28,29,30,31)/q+1. The van der Waals surface area contributed by atoms with Gasteiger partial charge in [0.15, 0.2) is 6.21 Å². The molecule has 7 heteroatoms. The number of hydrogen-bond acceptors (Lipinski definition) is 6. The van der Waals surface area contributed by atoms with Crippen molar-refractivity contribution in [3.63, 3.8) is 0 Å². The molecule has 1 atom stereocenters. The van der Waals surface area contributed by atoms with Gasteiger partial charge in [-0.25, -0.2) is 4.98 Å². The second-order valence-corrected chi connectivity index (χ2v) is 7.97. The highest BCUT2D eigenvalue weighted by Gasteiger charge is 2.32. The molecule has 0 bridgehead atoms. The van der Waals surface area contributed by atoms with E-state index in [2.05, 4.69) is 58.5 Å². The SMILES string of the molecule is Cc1ccc(Nc2nc(Nc3ccc(C#N)cc3)nc3c2[N+](C)=CC3C)c2cnccc12. The predicted octanol–water partition coefficient (Wildman–Crippen LogP) is 5.15. The number of benzene rings is 2. The Labute approximate surface area is 186 Å². The zero-order valence-electron chi connectivity index (χ0n) is 18.1. The van der Waals surface area contributed by atoms with Crippen LogP contribution >= 0.6 is 0 Å². The first-order valence-corrected chi connectivity index (χ1v) is 10.4. The molecular weight excluding hydrogens is 398 g/mol. The van der Waals surface area contributed by atoms with Gasteiger partial charge in [-0.2, -0.15) is 14.8 Å². The molecule has 2 N–H and O–H groups in total. The molecule has 0 spiro atoms. The first kappa shape index (κ1) is 19.6. The van der Waals surface area contributed by atoms with Crippen LogP contribution in [0.15, 0.2) is 54.9 Å². The van der Waals surface area contributed by atoms with E-state index < -0.39 is 0 Å². The number of nitrogens with one attached hydrogen (secondary N) is 2. The summed E-state index contributed by atoms with van der Waals surface area (Å²) < 4.78 is 2.07. The lowest BCUT2D eigenvalue weighted by atomic mass is 10.1. The first-order valence-electron chi connectivity index (χ1n) is 10.4. The van der Waals surface area contributed by atoms with E-state index in [1.165, 1.54) is 5.56 Å². The second kappa shape index (κ2) is 7.75. The molecule has 7 nitrogen and oxygen atoms in total. The van der Waals surface area contributed by atoms with Gasteiger partial charge in [-0.05, 0) is 61.2 Å². The van der Waals surface area contributed by atoms with Crippen molar-refractivity contribution in [1.29, 1.82) is 5.26 Å². The Bertz CT molecular complexity index is 1420. The molecular formula is C25H22N7+. The van der Waals surface area contributed by atoms with Crippen molar-refractivity contribution in [2.24, 2.45) is 0 Å². The predicted molar refractivity (Wildman–Crippen MR) is 127 cm³/mol. The second-order valence-electron chi connectivity index (χ2n) is 7.97. The van der Waals surface area contributed by atoms with E-state index in [-0.39, 0.29) is 5.92 Å². The highest BCUT2D eigenvalue weighted by Crippen LogP contribution is 2.38. The smallest absolute Gasteiger partial charge is 0.270 e. The van der Waals surface area contributed by atoms with Crippen molar-refractivity contribution in [3.8, 4) is 6.07 Å². The summed E-state index contributed by atoms with van der Waals surface area (Å²) in [6, 6.07) is 15.6. The Hall–Kier alpha value is -4.31. The van der Waals surface area contributed by atoms with Crippen molar-refractivity contribution in [1.82, 2.24) is 15.0 Å². The van der Waals surface area contributed by atoms with E-state index in [9.17, 15) is 0 Å². The van der Waals surface area contributed by atoms with Gasteiger partial charge in [0.25, 0.3) is 5.69 Å². The molecule has 4 aromatic rings. The highest BCUT2D eigenvalue weighted by atomic mass is 15.2. The summed E-state index contributed by atoms with van der Waals surface area (Å²) in [5, 5.41) is 18.0. The molecule has 32 heavy (non-hydrogen) atoms. The Morgan fingerprint density at radius 2 is 1.81 bits per heavy atom. The number of aryl methyl sites for hydroxylation is 1. The number of anilines is 4. The van der Waals surface area contributed by atoms with Crippen molar-refractivity contribution >= 4 is 45.8 Å². The summed E-state index contributed by atoms with van der Waals surface area (Å²) in [5.74, 6) is 1.39. The Morgan fingerprint density at radius 3 is 2.59 bits per heavy atom. The summed E-state index contributed by atoms with van der Waals surface area (Å²) in [6.07, 6.45) is 5.82. The fourth-order valence-corrected chi connectivity index (χ4v) is 4.10. The molecule has 0 saturated heterocycles. The molecule has 0 fully saturated rings. The van der Waals surface area contributed by atoms with Crippen LogP contribution in [0.25, 0.3) is 10.8 Å². The van der Waals surface area contributed by atoms with Crippen LogP contribution in [-0.4, -0.2) is 32.8 Å². The number of nitrogens with zero attached hydrogens (tertiary/aromatic N) is 5. The lowest BCUT2D eigenvalue weighted by molar-refractivity contribution is -0.396. The average molecular weight is 421 g/mol. The molecule has 2 aromatic heterocycles. The summed E-state index contributed by atoms with van der Waals surface area (Å²) in [6.45, 7) is 4.22. The van der Waals surface area contributed by atoms with Crippen LogP contribution < -0.4 is 10.6 Å². The van der Waals surface area contributed by atoms with Crippen molar-refractivity contribution in [3.05, 3.63) is 71.7 Å². The molecule has 1 aliphatic heterocycles. The van der Waals surface area contributed by atoms with E-state index in [4.69, 9.17) is 15.2 Å². The monoisotopic (exact) mass is 420 g/mol. The van der Waals surface area contributed by atoms with Gasteiger partial charge < -0.3 is 10.6 Å². The largest absolute Gasteiger partial charge is 0.334 e. The molecule has 0 amide bonds. The van der Waals surface area contributed by atoms with Gasteiger partial charge in [-0.15, -0.1) is 0 Å². The molecule has 156 valence electrons. The van der Waals surface area contributed by atoms with Crippen molar-refractivity contribution in [2.45, 2.75) is 19.8 Å². The maximum Gasteiger partial charge on any atom is 0.270 e. The van der Waals surface area contributed by atoms with Gasteiger partial charge in [-0.1, -0.05) is 6.07 Å². The van der Waals surface area contributed by atoms with Crippen LogP contribution in [0.5, 0.6) is 0 Å². The van der Waals surface area contributed by atoms with Gasteiger partial charge in [0.05, 0.1) is 17.6 Å². The quantitative estimate of drug-likeness (QED) is 0.444. The highest BCUT2D eigenvalue weighted by molar-refractivity contribution is 5.97. The number of aromatic nitrogens is 3. The molecule has 2 aromatic carbocycles. The van der Waals surface area contributed by atoms with Crippen LogP contribution in [0.4, 0.5) is 28.8 Å². The molecule has 1 aliphatic rings. The zero-order valence-corrected chi connectivity index (χ0v) is 18.1. The number of pyridine rings is 1. The van der Waals surface area contributed by atoms with Gasteiger partial charge >= 0.3 is 0 Å². The summed E-state index contributed by atoms with van der Waals surface area (Å²) in [5.41, 5.74) is 5.48. The van der Waals surface area contributed by atoms with Gasteiger partial charge in [-0.3, -0.25) is 4.98 Å². The fraction of sp³-hybridized carbons (Fsp3) is 0.160.